The molecule has 2 N–H and O–H groups in total. The fourth-order valence-electron chi connectivity index (χ4n) is 4.24. The van der Waals surface area contributed by atoms with Gasteiger partial charge in [0.25, 0.3) is 0 Å². The van der Waals surface area contributed by atoms with Crippen molar-refractivity contribution in [3.63, 3.8) is 0 Å². The minimum Gasteiger partial charge on any atom is -0.328 e. The Balaban J connectivity index is 2.04. The zero-order valence-corrected chi connectivity index (χ0v) is 13.2. The first-order chi connectivity index (χ1) is 9.48. The van der Waals surface area contributed by atoms with E-state index in [0.717, 1.165) is 6.54 Å². The van der Waals surface area contributed by atoms with Crippen LogP contribution >= 0.6 is 0 Å². The first-order valence-corrected chi connectivity index (χ1v) is 8.03. The number of likely N-dealkylation sites (tertiary alicyclic amines) is 1. The van der Waals surface area contributed by atoms with Gasteiger partial charge in [-0.2, -0.15) is 0 Å². The largest absolute Gasteiger partial charge is 0.328 e. The monoisotopic (exact) mass is 272 g/mol. The molecule has 0 spiro atoms. The fraction of sp³-hybridized carbons (Fsp3) is 0.667. The molecule has 0 amide bonds. The molecule has 0 bridgehead atoms. The van der Waals surface area contributed by atoms with Crippen LogP contribution in [0.5, 0.6) is 0 Å². The third-order valence-electron chi connectivity index (χ3n) is 5.60. The van der Waals surface area contributed by atoms with Crippen molar-refractivity contribution in [2.45, 2.75) is 51.5 Å². The van der Waals surface area contributed by atoms with Crippen molar-refractivity contribution in [3.05, 3.63) is 35.4 Å². The predicted octanol–water partition coefficient (Wildman–Crippen LogP) is 3.47. The smallest absolute Gasteiger partial charge is 0.0586 e. The number of hydrogen-bond donors (Lipinski definition) is 1. The maximum atomic E-state index is 6.33. The average Bonchev–Trinajstić information content (AvgIpc) is 2.81. The Kier molecular flexibility index (Phi) is 3.42. The van der Waals surface area contributed by atoms with Crippen molar-refractivity contribution in [1.82, 2.24) is 4.90 Å². The molecule has 20 heavy (non-hydrogen) atoms. The highest BCUT2D eigenvalue weighted by Gasteiger charge is 2.46. The second-order valence-electron chi connectivity index (χ2n) is 7.60. The van der Waals surface area contributed by atoms with Crippen LogP contribution in [0, 0.1) is 5.41 Å². The van der Waals surface area contributed by atoms with E-state index < -0.39 is 0 Å². The molecule has 1 aromatic carbocycles. The molecule has 1 aromatic rings. The lowest BCUT2D eigenvalue weighted by Crippen LogP contribution is -2.52. The maximum absolute atomic E-state index is 6.33. The molecule has 1 aliphatic heterocycles. The SMILES string of the molecule is CC1CCC(CN)(N2CCC(C)(C)C2)c2ccccc21. The fourth-order valence-corrected chi connectivity index (χ4v) is 4.24. The summed E-state index contributed by atoms with van der Waals surface area (Å²) in [5, 5.41) is 0. The van der Waals surface area contributed by atoms with Crippen LogP contribution in [0.3, 0.4) is 0 Å². The van der Waals surface area contributed by atoms with Gasteiger partial charge in [-0.1, -0.05) is 45.0 Å². The van der Waals surface area contributed by atoms with Crippen molar-refractivity contribution in [2.75, 3.05) is 19.6 Å². The number of nitrogens with two attached hydrogens (primary N) is 1. The minimum atomic E-state index is 0.0802. The van der Waals surface area contributed by atoms with E-state index in [4.69, 9.17) is 5.73 Å². The second-order valence-corrected chi connectivity index (χ2v) is 7.60. The highest BCUT2D eigenvalue weighted by molar-refractivity contribution is 5.39. The molecule has 2 unspecified atom stereocenters. The molecule has 1 fully saturated rings. The Labute approximate surface area is 123 Å². The zero-order chi connectivity index (χ0) is 14.4. The van der Waals surface area contributed by atoms with Crippen molar-refractivity contribution in [2.24, 2.45) is 11.1 Å². The molecule has 2 nitrogen and oxygen atoms in total. The van der Waals surface area contributed by atoms with Crippen LogP contribution in [0.4, 0.5) is 0 Å². The lowest BCUT2D eigenvalue weighted by molar-refractivity contribution is 0.0865. The highest BCUT2D eigenvalue weighted by atomic mass is 15.2. The summed E-state index contributed by atoms with van der Waals surface area (Å²) in [6.45, 7) is 10.2. The summed E-state index contributed by atoms with van der Waals surface area (Å²) in [5.74, 6) is 0.668. The van der Waals surface area contributed by atoms with E-state index in [1.807, 2.05) is 0 Å². The first-order valence-electron chi connectivity index (χ1n) is 8.03. The molecular weight excluding hydrogens is 244 g/mol. The van der Waals surface area contributed by atoms with E-state index in [2.05, 4.69) is 49.9 Å². The molecule has 0 radical (unpaired) electrons. The second kappa shape index (κ2) is 4.85. The lowest BCUT2D eigenvalue weighted by Gasteiger charge is -2.47. The third-order valence-corrected chi connectivity index (χ3v) is 5.60. The summed E-state index contributed by atoms with van der Waals surface area (Å²) in [6, 6.07) is 8.99. The lowest BCUT2D eigenvalue weighted by atomic mass is 9.71. The van der Waals surface area contributed by atoms with Crippen LogP contribution < -0.4 is 5.73 Å². The Hall–Kier alpha value is -0.860. The molecule has 0 aromatic heterocycles. The van der Waals surface area contributed by atoms with Gasteiger partial charge in [0.05, 0.1) is 5.54 Å². The molecule has 1 aliphatic carbocycles. The standard InChI is InChI=1S/C18H28N2/c1-14-8-9-18(12-19,16-7-5-4-6-15(14)16)20-11-10-17(2,3)13-20/h4-7,14H,8-13,19H2,1-3H3. The molecule has 110 valence electrons. The van der Waals surface area contributed by atoms with Crippen molar-refractivity contribution < 1.29 is 0 Å². The van der Waals surface area contributed by atoms with Crippen molar-refractivity contribution in [3.8, 4) is 0 Å². The number of rotatable bonds is 2. The summed E-state index contributed by atoms with van der Waals surface area (Å²) in [4.78, 5) is 2.68. The normalized spacial score (nSPS) is 33.1. The topological polar surface area (TPSA) is 29.3 Å². The minimum absolute atomic E-state index is 0.0802. The molecule has 0 saturated carbocycles. The van der Waals surface area contributed by atoms with Gasteiger partial charge in [-0.3, -0.25) is 4.90 Å². The van der Waals surface area contributed by atoms with Gasteiger partial charge in [-0.15, -0.1) is 0 Å². The number of nitrogens with zero attached hydrogens (tertiary/aromatic N) is 1. The van der Waals surface area contributed by atoms with Crippen LogP contribution in [0.25, 0.3) is 0 Å². The average molecular weight is 272 g/mol. The zero-order valence-electron chi connectivity index (χ0n) is 13.2. The van der Waals surface area contributed by atoms with Crippen LogP contribution in [0.2, 0.25) is 0 Å². The Bertz CT molecular complexity index is 494. The van der Waals surface area contributed by atoms with Gasteiger partial charge in [0.15, 0.2) is 0 Å². The first kappa shape index (κ1) is 14.1. The molecule has 2 aliphatic rings. The molecule has 3 rings (SSSR count). The van der Waals surface area contributed by atoms with Gasteiger partial charge in [0, 0.05) is 13.1 Å². The summed E-state index contributed by atoms with van der Waals surface area (Å²) in [6.07, 6.45) is 3.75. The predicted molar refractivity (Wildman–Crippen MR) is 84.8 cm³/mol. The number of fused-ring (bicyclic) bond motifs is 1. The summed E-state index contributed by atoms with van der Waals surface area (Å²) >= 11 is 0. The molecule has 2 atom stereocenters. The summed E-state index contributed by atoms with van der Waals surface area (Å²) in [5.41, 5.74) is 9.86. The van der Waals surface area contributed by atoms with Crippen LogP contribution in [-0.2, 0) is 5.54 Å². The van der Waals surface area contributed by atoms with Crippen molar-refractivity contribution in [1.29, 1.82) is 0 Å². The van der Waals surface area contributed by atoms with Gasteiger partial charge in [0.1, 0.15) is 0 Å². The summed E-state index contributed by atoms with van der Waals surface area (Å²) < 4.78 is 0. The molecule has 1 saturated heterocycles. The van der Waals surface area contributed by atoms with E-state index in [1.165, 1.54) is 43.5 Å². The maximum Gasteiger partial charge on any atom is 0.0586 e. The van der Waals surface area contributed by atoms with Gasteiger partial charge in [0.2, 0.25) is 0 Å². The summed E-state index contributed by atoms with van der Waals surface area (Å²) in [7, 11) is 0. The van der Waals surface area contributed by atoms with Crippen molar-refractivity contribution >= 4 is 0 Å². The van der Waals surface area contributed by atoms with Crippen LogP contribution in [0.1, 0.15) is 57.1 Å². The third kappa shape index (κ3) is 2.10. The van der Waals surface area contributed by atoms with Gasteiger partial charge in [-0.25, -0.2) is 0 Å². The van der Waals surface area contributed by atoms with Gasteiger partial charge in [-0.05, 0) is 48.3 Å². The van der Waals surface area contributed by atoms with E-state index in [0.29, 0.717) is 11.3 Å². The van der Waals surface area contributed by atoms with Gasteiger partial charge >= 0.3 is 0 Å². The Morgan fingerprint density at radius 1 is 1.25 bits per heavy atom. The molecule has 2 heteroatoms. The van der Waals surface area contributed by atoms with E-state index in [1.54, 1.807) is 0 Å². The molecule has 1 heterocycles. The highest BCUT2D eigenvalue weighted by Crippen LogP contribution is 2.47. The van der Waals surface area contributed by atoms with Crippen LogP contribution in [-0.4, -0.2) is 24.5 Å². The van der Waals surface area contributed by atoms with Crippen LogP contribution in [0.15, 0.2) is 24.3 Å². The van der Waals surface area contributed by atoms with E-state index in [-0.39, 0.29) is 5.54 Å². The Morgan fingerprint density at radius 3 is 2.65 bits per heavy atom. The number of hydrogen-bond acceptors (Lipinski definition) is 2. The quantitative estimate of drug-likeness (QED) is 0.893. The Morgan fingerprint density at radius 2 is 2.00 bits per heavy atom. The number of benzene rings is 1. The molecular formula is C18H28N2. The van der Waals surface area contributed by atoms with Gasteiger partial charge < -0.3 is 5.73 Å². The van der Waals surface area contributed by atoms with E-state index in [9.17, 15) is 0 Å². The van der Waals surface area contributed by atoms with E-state index >= 15 is 0 Å².